The highest BCUT2D eigenvalue weighted by Gasteiger charge is 2.18. The molecule has 0 radical (unpaired) electrons. The van der Waals surface area contributed by atoms with Crippen LogP contribution in [0.15, 0.2) is 12.1 Å². The van der Waals surface area contributed by atoms with Crippen LogP contribution in [-0.4, -0.2) is 9.55 Å². The number of imidazole rings is 1. The lowest BCUT2D eigenvalue weighted by atomic mass is 10.1. The lowest BCUT2D eigenvalue weighted by Gasteiger charge is -2.17. The van der Waals surface area contributed by atoms with Crippen molar-refractivity contribution in [2.75, 3.05) is 0 Å². The quantitative estimate of drug-likeness (QED) is 0.481. The van der Waals surface area contributed by atoms with Gasteiger partial charge in [0.15, 0.2) is 5.82 Å². The van der Waals surface area contributed by atoms with Crippen LogP contribution >= 0.6 is 11.6 Å². The van der Waals surface area contributed by atoms with Gasteiger partial charge in [0, 0.05) is 12.1 Å². The van der Waals surface area contributed by atoms with Gasteiger partial charge in [-0.2, -0.15) is 0 Å². The molecule has 0 fully saturated rings. The normalized spacial score (nSPS) is 13.0. The van der Waals surface area contributed by atoms with Crippen LogP contribution in [0.3, 0.4) is 0 Å². The maximum Gasteiger partial charge on any atom is 0.153 e. The van der Waals surface area contributed by atoms with Crippen LogP contribution in [0.1, 0.15) is 57.8 Å². The van der Waals surface area contributed by atoms with E-state index in [1.807, 2.05) is 11.5 Å². The molecule has 0 N–H and O–H groups in total. The average molecular weight is 315 g/mol. The summed E-state index contributed by atoms with van der Waals surface area (Å²) in [7, 11) is 0. The van der Waals surface area contributed by atoms with Gasteiger partial charge in [0.1, 0.15) is 17.2 Å². The van der Waals surface area contributed by atoms with Gasteiger partial charge in [0.05, 0.1) is 11.4 Å². The van der Waals surface area contributed by atoms with Crippen molar-refractivity contribution in [1.82, 2.24) is 9.55 Å². The lowest BCUT2D eigenvalue weighted by molar-refractivity contribution is 0.472. The predicted octanol–water partition coefficient (Wildman–Crippen LogP) is 5.58. The summed E-state index contributed by atoms with van der Waals surface area (Å²) in [6.45, 7) is 4.22. The first-order valence-electron chi connectivity index (χ1n) is 7.50. The summed E-state index contributed by atoms with van der Waals surface area (Å²) in [5, 5.41) is 0. The maximum absolute atomic E-state index is 13.8. The van der Waals surface area contributed by atoms with E-state index in [2.05, 4.69) is 11.9 Å². The third kappa shape index (κ3) is 3.54. The van der Waals surface area contributed by atoms with Gasteiger partial charge in [-0.05, 0) is 19.4 Å². The third-order valence-corrected chi connectivity index (χ3v) is 4.06. The number of aromatic nitrogens is 2. The van der Waals surface area contributed by atoms with Crippen LogP contribution in [-0.2, 0) is 5.88 Å². The number of hydrogen-bond donors (Lipinski definition) is 0. The highest BCUT2D eigenvalue weighted by Crippen LogP contribution is 2.28. The lowest BCUT2D eigenvalue weighted by Crippen LogP contribution is -2.08. The van der Waals surface area contributed by atoms with E-state index in [0.29, 0.717) is 11.3 Å². The number of alkyl halides is 1. The summed E-state index contributed by atoms with van der Waals surface area (Å²) in [4.78, 5) is 4.23. The molecule has 0 aliphatic heterocycles. The monoisotopic (exact) mass is 314 g/mol. The smallest absolute Gasteiger partial charge is 0.153 e. The number of halogens is 3. The van der Waals surface area contributed by atoms with Crippen LogP contribution in [0.2, 0.25) is 0 Å². The van der Waals surface area contributed by atoms with Crippen molar-refractivity contribution in [3.05, 3.63) is 29.6 Å². The zero-order chi connectivity index (χ0) is 15.4. The molecule has 1 heterocycles. The molecule has 0 spiro atoms. The van der Waals surface area contributed by atoms with Crippen LogP contribution in [0.5, 0.6) is 0 Å². The number of nitrogens with zero attached hydrogens (tertiary/aromatic N) is 2. The fourth-order valence-electron chi connectivity index (χ4n) is 2.75. The van der Waals surface area contributed by atoms with Crippen LogP contribution < -0.4 is 0 Å². The Kier molecular flexibility index (Phi) is 5.57. The van der Waals surface area contributed by atoms with Gasteiger partial charge in [-0.1, -0.05) is 32.6 Å². The summed E-state index contributed by atoms with van der Waals surface area (Å²) in [5.41, 5.74) is 0.693. The highest BCUT2D eigenvalue weighted by molar-refractivity contribution is 6.16. The topological polar surface area (TPSA) is 17.8 Å². The molecular weight excluding hydrogens is 294 g/mol. The number of fused-ring (bicyclic) bond motifs is 1. The molecule has 0 bridgehead atoms. The molecule has 0 aliphatic rings. The summed E-state index contributed by atoms with van der Waals surface area (Å²) in [6, 6.07) is 2.33. The molecule has 1 aromatic heterocycles. The molecule has 1 atom stereocenters. The van der Waals surface area contributed by atoms with E-state index >= 15 is 0 Å². The Labute approximate surface area is 129 Å². The minimum Gasteiger partial charge on any atom is -0.324 e. The van der Waals surface area contributed by atoms with Gasteiger partial charge in [-0.3, -0.25) is 0 Å². The number of rotatable bonds is 7. The van der Waals surface area contributed by atoms with Crippen molar-refractivity contribution in [1.29, 1.82) is 0 Å². The van der Waals surface area contributed by atoms with E-state index in [0.717, 1.165) is 18.9 Å². The Morgan fingerprint density at radius 2 is 2.00 bits per heavy atom. The minimum atomic E-state index is -0.631. The van der Waals surface area contributed by atoms with Crippen molar-refractivity contribution in [3.63, 3.8) is 0 Å². The van der Waals surface area contributed by atoms with Crippen molar-refractivity contribution in [3.8, 4) is 0 Å². The Morgan fingerprint density at radius 3 is 2.67 bits per heavy atom. The average Bonchev–Trinajstić information content (AvgIpc) is 2.82. The zero-order valence-electron chi connectivity index (χ0n) is 12.5. The molecule has 2 rings (SSSR count). The standard InChI is InChI=1S/C16H21ClF2N2/c1-3-4-5-6-7-11(2)21-14-9-12(18)8-13(19)16(14)20-15(21)10-17/h8-9,11H,3-7,10H2,1-2H3. The van der Waals surface area contributed by atoms with Crippen LogP contribution in [0.4, 0.5) is 8.78 Å². The second-order valence-corrected chi connectivity index (χ2v) is 5.75. The molecule has 0 amide bonds. The maximum atomic E-state index is 13.8. The zero-order valence-corrected chi connectivity index (χ0v) is 13.3. The summed E-state index contributed by atoms with van der Waals surface area (Å²) in [5.74, 6) is -0.428. The van der Waals surface area contributed by atoms with Crippen LogP contribution in [0.25, 0.3) is 11.0 Å². The van der Waals surface area contributed by atoms with E-state index in [9.17, 15) is 8.78 Å². The van der Waals surface area contributed by atoms with Gasteiger partial charge in [0.25, 0.3) is 0 Å². The Bertz CT molecular complexity index is 610. The molecule has 5 heteroatoms. The molecular formula is C16H21ClF2N2. The molecule has 0 saturated carbocycles. The van der Waals surface area contributed by atoms with Crippen molar-refractivity contribution in [2.24, 2.45) is 0 Å². The first-order chi connectivity index (χ1) is 10.1. The summed E-state index contributed by atoms with van der Waals surface area (Å²) < 4.78 is 29.2. The molecule has 1 unspecified atom stereocenters. The fraction of sp³-hybridized carbons (Fsp3) is 0.562. The van der Waals surface area contributed by atoms with Crippen LogP contribution in [0, 0.1) is 11.6 Å². The van der Waals surface area contributed by atoms with Gasteiger partial charge in [0.2, 0.25) is 0 Å². The molecule has 0 saturated heterocycles. The van der Waals surface area contributed by atoms with Gasteiger partial charge >= 0.3 is 0 Å². The molecule has 0 aliphatic carbocycles. The van der Waals surface area contributed by atoms with E-state index in [1.165, 1.54) is 25.3 Å². The highest BCUT2D eigenvalue weighted by atomic mass is 35.5. The Balaban J connectivity index is 2.32. The van der Waals surface area contributed by atoms with Gasteiger partial charge in [-0.15, -0.1) is 11.6 Å². The van der Waals surface area contributed by atoms with E-state index in [4.69, 9.17) is 11.6 Å². The second kappa shape index (κ2) is 7.21. The van der Waals surface area contributed by atoms with Crippen molar-refractivity contribution < 1.29 is 8.78 Å². The molecule has 21 heavy (non-hydrogen) atoms. The summed E-state index contributed by atoms with van der Waals surface area (Å²) in [6.07, 6.45) is 5.61. The largest absolute Gasteiger partial charge is 0.324 e. The van der Waals surface area contributed by atoms with Gasteiger partial charge < -0.3 is 4.57 Å². The third-order valence-electron chi connectivity index (χ3n) is 3.82. The minimum absolute atomic E-state index is 0.127. The van der Waals surface area contributed by atoms with Crippen molar-refractivity contribution in [2.45, 2.75) is 57.9 Å². The number of hydrogen-bond acceptors (Lipinski definition) is 1. The SMILES string of the molecule is CCCCCCC(C)n1c(CCl)nc2c(F)cc(F)cc21. The Hall–Kier alpha value is -1.16. The predicted molar refractivity (Wildman–Crippen MR) is 82.7 cm³/mol. The summed E-state index contributed by atoms with van der Waals surface area (Å²) >= 11 is 5.92. The van der Waals surface area contributed by atoms with E-state index in [1.54, 1.807) is 0 Å². The van der Waals surface area contributed by atoms with Gasteiger partial charge in [-0.25, -0.2) is 13.8 Å². The molecule has 1 aromatic carbocycles. The molecule has 2 aromatic rings. The number of unbranched alkanes of at least 4 members (excludes halogenated alkanes) is 3. The first kappa shape index (κ1) is 16.2. The molecule has 116 valence electrons. The fourth-order valence-corrected chi connectivity index (χ4v) is 2.94. The number of benzene rings is 1. The van der Waals surface area contributed by atoms with E-state index in [-0.39, 0.29) is 17.4 Å². The van der Waals surface area contributed by atoms with E-state index < -0.39 is 11.6 Å². The molecule has 2 nitrogen and oxygen atoms in total. The first-order valence-corrected chi connectivity index (χ1v) is 8.03. The Morgan fingerprint density at radius 1 is 1.24 bits per heavy atom. The second-order valence-electron chi connectivity index (χ2n) is 5.49. The van der Waals surface area contributed by atoms with Crippen molar-refractivity contribution >= 4 is 22.6 Å².